The molecule has 3 nitrogen and oxygen atoms in total. The van der Waals surface area contributed by atoms with Crippen molar-refractivity contribution < 1.29 is 9.47 Å². The molecule has 1 atom stereocenters. The Bertz CT molecular complexity index is 527. The fourth-order valence-electron chi connectivity index (χ4n) is 2.11. The Morgan fingerprint density at radius 3 is 2.50 bits per heavy atom. The Morgan fingerprint density at radius 2 is 1.70 bits per heavy atom. The lowest BCUT2D eigenvalue weighted by Crippen LogP contribution is -2.18. The molecule has 1 unspecified atom stereocenters. The average Bonchev–Trinajstić information content (AvgIpc) is 2.50. The van der Waals surface area contributed by atoms with Gasteiger partial charge in [0.15, 0.2) is 0 Å². The molecule has 3 heteroatoms. The summed E-state index contributed by atoms with van der Waals surface area (Å²) in [5.74, 6) is 0. The van der Waals surface area contributed by atoms with Crippen LogP contribution < -0.4 is 5.73 Å². The fraction of sp³-hybridized carbons (Fsp3) is 0.412. The second kappa shape index (κ2) is 8.00. The summed E-state index contributed by atoms with van der Waals surface area (Å²) in [7, 11) is 0. The highest BCUT2D eigenvalue weighted by Gasteiger charge is 2.06. The van der Waals surface area contributed by atoms with Crippen molar-refractivity contribution in [1.82, 2.24) is 0 Å². The van der Waals surface area contributed by atoms with Crippen molar-refractivity contribution in [3.8, 4) is 0 Å². The maximum Gasteiger partial charge on any atom is 0.0701 e. The van der Waals surface area contributed by atoms with Gasteiger partial charge in [0, 0.05) is 6.61 Å². The third kappa shape index (κ3) is 4.30. The van der Waals surface area contributed by atoms with E-state index in [4.69, 9.17) is 15.2 Å². The molecule has 0 heterocycles. The predicted octanol–water partition coefficient (Wildman–Crippen LogP) is 3.28. The van der Waals surface area contributed by atoms with E-state index in [2.05, 4.69) is 37.3 Å². The SMILES string of the molecule is CCCOCCOCC(N)c1ccc2ccccc2c1. The summed E-state index contributed by atoms with van der Waals surface area (Å²) in [6.07, 6.45) is 1.04. The molecule has 0 aliphatic carbocycles. The minimum absolute atomic E-state index is 0.0919. The summed E-state index contributed by atoms with van der Waals surface area (Å²) in [6.45, 7) is 4.64. The summed E-state index contributed by atoms with van der Waals surface area (Å²) in [4.78, 5) is 0. The third-order valence-electron chi connectivity index (χ3n) is 3.22. The van der Waals surface area contributed by atoms with Gasteiger partial charge in [-0.05, 0) is 28.8 Å². The van der Waals surface area contributed by atoms with Crippen LogP contribution in [-0.2, 0) is 9.47 Å². The third-order valence-corrected chi connectivity index (χ3v) is 3.22. The van der Waals surface area contributed by atoms with Gasteiger partial charge in [-0.3, -0.25) is 0 Å². The lowest BCUT2D eigenvalue weighted by molar-refractivity contribution is 0.0428. The second-order valence-electron chi connectivity index (χ2n) is 4.90. The Hall–Kier alpha value is -1.42. The highest BCUT2D eigenvalue weighted by Crippen LogP contribution is 2.19. The second-order valence-corrected chi connectivity index (χ2v) is 4.90. The van der Waals surface area contributed by atoms with E-state index in [0.29, 0.717) is 19.8 Å². The van der Waals surface area contributed by atoms with E-state index in [1.54, 1.807) is 0 Å². The molecule has 0 radical (unpaired) electrons. The minimum Gasteiger partial charge on any atom is -0.379 e. The number of rotatable bonds is 8. The number of hydrogen-bond acceptors (Lipinski definition) is 3. The summed E-state index contributed by atoms with van der Waals surface area (Å²) in [6, 6.07) is 14.5. The summed E-state index contributed by atoms with van der Waals surface area (Å²) in [5.41, 5.74) is 7.27. The van der Waals surface area contributed by atoms with Crippen molar-refractivity contribution in [2.24, 2.45) is 5.73 Å². The van der Waals surface area contributed by atoms with Crippen molar-refractivity contribution in [1.29, 1.82) is 0 Å². The Balaban J connectivity index is 1.83. The molecule has 0 bridgehead atoms. The zero-order valence-corrected chi connectivity index (χ0v) is 12.0. The molecule has 0 aromatic heterocycles. The van der Waals surface area contributed by atoms with Crippen LogP contribution in [0.4, 0.5) is 0 Å². The molecule has 2 aromatic carbocycles. The molecule has 108 valence electrons. The first-order chi connectivity index (χ1) is 9.81. The molecular formula is C17H23NO2. The van der Waals surface area contributed by atoms with Gasteiger partial charge in [-0.15, -0.1) is 0 Å². The Labute approximate surface area is 120 Å². The smallest absolute Gasteiger partial charge is 0.0701 e. The van der Waals surface area contributed by atoms with Crippen LogP contribution in [0.3, 0.4) is 0 Å². The summed E-state index contributed by atoms with van der Waals surface area (Å²) in [5, 5.41) is 2.45. The molecule has 0 saturated heterocycles. The molecule has 0 amide bonds. The first kappa shape index (κ1) is 15.0. The van der Waals surface area contributed by atoms with E-state index in [0.717, 1.165) is 18.6 Å². The van der Waals surface area contributed by atoms with Gasteiger partial charge in [0.25, 0.3) is 0 Å². The van der Waals surface area contributed by atoms with Crippen LogP contribution in [0, 0.1) is 0 Å². The monoisotopic (exact) mass is 273 g/mol. The van der Waals surface area contributed by atoms with Gasteiger partial charge in [0.2, 0.25) is 0 Å². The number of ether oxygens (including phenoxy) is 2. The van der Waals surface area contributed by atoms with Crippen molar-refractivity contribution in [3.63, 3.8) is 0 Å². The van der Waals surface area contributed by atoms with E-state index in [9.17, 15) is 0 Å². The van der Waals surface area contributed by atoms with Crippen LogP contribution in [0.1, 0.15) is 24.9 Å². The number of benzene rings is 2. The molecule has 2 rings (SSSR count). The van der Waals surface area contributed by atoms with Gasteiger partial charge in [0.1, 0.15) is 0 Å². The first-order valence-corrected chi connectivity index (χ1v) is 7.21. The molecule has 0 fully saturated rings. The molecule has 2 N–H and O–H groups in total. The molecule has 0 spiro atoms. The van der Waals surface area contributed by atoms with E-state index in [-0.39, 0.29) is 6.04 Å². The molecule has 0 saturated carbocycles. The first-order valence-electron chi connectivity index (χ1n) is 7.21. The molecule has 20 heavy (non-hydrogen) atoms. The summed E-state index contributed by atoms with van der Waals surface area (Å²) >= 11 is 0. The zero-order chi connectivity index (χ0) is 14.2. The molecule has 0 aliphatic rings. The quantitative estimate of drug-likeness (QED) is 0.751. The van der Waals surface area contributed by atoms with Crippen molar-refractivity contribution in [2.45, 2.75) is 19.4 Å². The molecular weight excluding hydrogens is 250 g/mol. The van der Waals surface area contributed by atoms with E-state index in [1.165, 1.54) is 10.8 Å². The predicted molar refractivity (Wildman–Crippen MR) is 82.8 cm³/mol. The fourth-order valence-corrected chi connectivity index (χ4v) is 2.11. The van der Waals surface area contributed by atoms with Crippen LogP contribution in [-0.4, -0.2) is 26.4 Å². The van der Waals surface area contributed by atoms with E-state index < -0.39 is 0 Å². The van der Waals surface area contributed by atoms with Gasteiger partial charge in [0.05, 0.1) is 25.9 Å². The van der Waals surface area contributed by atoms with E-state index in [1.807, 2.05) is 12.1 Å². The van der Waals surface area contributed by atoms with Gasteiger partial charge >= 0.3 is 0 Å². The lowest BCUT2D eigenvalue weighted by Gasteiger charge is -2.13. The van der Waals surface area contributed by atoms with Crippen LogP contribution >= 0.6 is 0 Å². The highest BCUT2D eigenvalue weighted by molar-refractivity contribution is 5.83. The number of hydrogen-bond donors (Lipinski definition) is 1. The zero-order valence-electron chi connectivity index (χ0n) is 12.0. The minimum atomic E-state index is -0.0919. The molecule has 0 aliphatic heterocycles. The normalized spacial score (nSPS) is 12.7. The number of nitrogens with two attached hydrogens (primary N) is 1. The maximum absolute atomic E-state index is 6.16. The van der Waals surface area contributed by atoms with Crippen LogP contribution in [0.25, 0.3) is 10.8 Å². The topological polar surface area (TPSA) is 44.5 Å². The van der Waals surface area contributed by atoms with Crippen molar-refractivity contribution in [3.05, 3.63) is 48.0 Å². The van der Waals surface area contributed by atoms with Gasteiger partial charge < -0.3 is 15.2 Å². The standard InChI is InChI=1S/C17H23NO2/c1-2-9-19-10-11-20-13-17(18)16-8-7-14-5-3-4-6-15(14)12-16/h3-8,12,17H,2,9-11,13,18H2,1H3. The Kier molecular flexibility index (Phi) is 5.99. The van der Waals surface area contributed by atoms with E-state index >= 15 is 0 Å². The van der Waals surface area contributed by atoms with Crippen LogP contribution in [0.15, 0.2) is 42.5 Å². The van der Waals surface area contributed by atoms with Crippen molar-refractivity contribution in [2.75, 3.05) is 26.4 Å². The van der Waals surface area contributed by atoms with Crippen LogP contribution in [0.2, 0.25) is 0 Å². The van der Waals surface area contributed by atoms with Gasteiger partial charge in [-0.2, -0.15) is 0 Å². The number of fused-ring (bicyclic) bond motifs is 1. The average molecular weight is 273 g/mol. The van der Waals surface area contributed by atoms with Crippen LogP contribution in [0.5, 0.6) is 0 Å². The largest absolute Gasteiger partial charge is 0.379 e. The summed E-state index contributed by atoms with van der Waals surface area (Å²) < 4.78 is 10.9. The van der Waals surface area contributed by atoms with Crippen molar-refractivity contribution >= 4 is 10.8 Å². The molecule has 2 aromatic rings. The highest BCUT2D eigenvalue weighted by atomic mass is 16.5. The van der Waals surface area contributed by atoms with Gasteiger partial charge in [-0.25, -0.2) is 0 Å². The Morgan fingerprint density at radius 1 is 0.950 bits per heavy atom. The lowest BCUT2D eigenvalue weighted by atomic mass is 10.0. The van der Waals surface area contributed by atoms with Gasteiger partial charge in [-0.1, -0.05) is 43.3 Å². The maximum atomic E-state index is 6.16.